The molecule has 2 aromatic rings. The Balaban J connectivity index is 2.05. The fraction of sp³-hybridized carbons (Fsp3) is 0.357. The third-order valence-corrected chi connectivity index (χ3v) is 3.61. The zero-order chi connectivity index (χ0) is 14.1. The molecule has 1 aromatic heterocycles. The lowest BCUT2D eigenvalue weighted by molar-refractivity contribution is -0.386. The van der Waals surface area contributed by atoms with E-state index in [4.69, 9.17) is 10.5 Å². The van der Waals surface area contributed by atoms with Gasteiger partial charge in [-0.15, -0.1) is 0 Å². The molecule has 0 bridgehead atoms. The number of nitro groups is 1. The molecule has 3 rings (SSSR count). The largest absolute Gasteiger partial charge is 0.483 e. The van der Waals surface area contributed by atoms with E-state index in [1.54, 1.807) is 6.07 Å². The van der Waals surface area contributed by atoms with Gasteiger partial charge in [0, 0.05) is 11.4 Å². The van der Waals surface area contributed by atoms with Gasteiger partial charge in [-0.25, -0.2) is 4.98 Å². The summed E-state index contributed by atoms with van der Waals surface area (Å²) >= 11 is 0. The van der Waals surface area contributed by atoms with Gasteiger partial charge in [-0.05, 0) is 31.4 Å². The Labute approximate surface area is 115 Å². The third kappa shape index (κ3) is 2.30. The first-order valence-corrected chi connectivity index (χ1v) is 6.59. The Kier molecular flexibility index (Phi) is 3.23. The number of nitrogens with two attached hydrogens (primary N) is 1. The maximum absolute atomic E-state index is 11.2. The molecule has 0 aliphatic heterocycles. The topological polar surface area (TPSA) is 91.3 Å². The normalized spacial score (nSPS) is 22.1. The highest BCUT2D eigenvalue weighted by atomic mass is 16.6. The molecule has 1 aromatic carbocycles. The van der Waals surface area contributed by atoms with Crippen LogP contribution in [0.15, 0.2) is 30.5 Å². The van der Waals surface area contributed by atoms with E-state index in [1.165, 1.54) is 6.20 Å². The third-order valence-electron chi connectivity index (χ3n) is 3.61. The van der Waals surface area contributed by atoms with Gasteiger partial charge in [0.25, 0.3) is 0 Å². The van der Waals surface area contributed by atoms with Crippen molar-refractivity contribution in [1.82, 2.24) is 4.98 Å². The fourth-order valence-electron chi connectivity index (χ4n) is 2.61. The number of nitrogens with zero attached hydrogens (tertiary/aromatic N) is 2. The molecule has 0 amide bonds. The van der Waals surface area contributed by atoms with Crippen LogP contribution in [-0.2, 0) is 0 Å². The van der Waals surface area contributed by atoms with E-state index in [-0.39, 0.29) is 17.8 Å². The van der Waals surface area contributed by atoms with Gasteiger partial charge in [0.1, 0.15) is 12.3 Å². The van der Waals surface area contributed by atoms with Crippen LogP contribution in [0.2, 0.25) is 0 Å². The standard InChI is InChI=1S/C14H15N3O3/c15-9-5-6-10(7-9)20-14-11-3-1-2-4-12(11)16-8-13(14)17(18)19/h1-4,8-10H,5-7,15H2. The molecule has 1 saturated carbocycles. The second-order valence-electron chi connectivity index (χ2n) is 5.06. The predicted molar refractivity (Wildman–Crippen MR) is 74.6 cm³/mol. The van der Waals surface area contributed by atoms with Crippen molar-refractivity contribution < 1.29 is 9.66 Å². The number of para-hydroxylation sites is 1. The van der Waals surface area contributed by atoms with Gasteiger partial charge >= 0.3 is 5.69 Å². The van der Waals surface area contributed by atoms with E-state index in [9.17, 15) is 10.1 Å². The number of fused-ring (bicyclic) bond motifs is 1. The quantitative estimate of drug-likeness (QED) is 0.684. The van der Waals surface area contributed by atoms with Crippen LogP contribution in [0, 0.1) is 10.1 Å². The lowest BCUT2D eigenvalue weighted by Crippen LogP contribution is -2.19. The summed E-state index contributed by atoms with van der Waals surface area (Å²) in [7, 11) is 0. The second kappa shape index (κ2) is 5.05. The summed E-state index contributed by atoms with van der Waals surface area (Å²) in [4.78, 5) is 14.8. The summed E-state index contributed by atoms with van der Waals surface area (Å²) in [6, 6.07) is 7.38. The predicted octanol–water partition coefficient (Wildman–Crippen LogP) is 2.40. The molecular weight excluding hydrogens is 258 g/mol. The molecule has 2 N–H and O–H groups in total. The Morgan fingerprint density at radius 3 is 2.85 bits per heavy atom. The average molecular weight is 273 g/mol. The van der Waals surface area contributed by atoms with E-state index >= 15 is 0 Å². The average Bonchev–Trinajstić information content (AvgIpc) is 2.84. The first-order valence-electron chi connectivity index (χ1n) is 6.59. The first kappa shape index (κ1) is 12.8. The minimum absolute atomic E-state index is 0.0606. The molecule has 1 fully saturated rings. The van der Waals surface area contributed by atoms with Gasteiger partial charge in [-0.2, -0.15) is 0 Å². The maximum atomic E-state index is 11.2. The lowest BCUT2D eigenvalue weighted by Gasteiger charge is -2.15. The van der Waals surface area contributed by atoms with Crippen LogP contribution in [0.1, 0.15) is 19.3 Å². The maximum Gasteiger partial charge on any atom is 0.329 e. The van der Waals surface area contributed by atoms with Crippen LogP contribution in [0.5, 0.6) is 5.75 Å². The number of aromatic nitrogens is 1. The van der Waals surface area contributed by atoms with Gasteiger partial charge in [-0.3, -0.25) is 10.1 Å². The Morgan fingerprint density at radius 2 is 2.15 bits per heavy atom. The van der Waals surface area contributed by atoms with Crippen molar-refractivity contribution in [3.05, 3.63) is 40.6 Å². The summed E-state index contributed by atoms with van der Waals surface area (Å²) in [5.41, 5.74) is 6.46. The van der Waals surface area contributed by atoms with Crippen LogP contribution in [0.25, 0.3) is 10.9 Å². The molecule has 1 aliphatic rings. The monoisotopic (exact) mass is 273 g/mol. The van der Waals surface area contributed by atoms with E-state index in [2.05, 4.69) is 4.98 Å². The van der Waals surface area contributed by atoms with Crippen molar-refractivity contribution in [3.8, 4) is 5.75 Å². The molecule has 0 saturated heterocycles. The number of pyridine rings is 1. The zero-order valence-corrected chi connectivity index (χ0v) is 10.9. The van der Waals surface area contributed by atoms with E-state index in [0.29, 0.717) is 16.7 Å². The number of rotatable bonds is 3. The van der Waals surface area contributed by atoms with Crippen molar-refractivity contribution in [2.75, 3.05) is 0 Å². The summed E-state index contributed by atoms with van der Waals surface area (Å²) < 4.78 is 5.89. The van der Waals surface area contributed by atoms with E-state index in [0.717, 1.165) is 19.3 Å². The number of benzene rings is 1. The van der Waals surface area contributed by atoms with Gasteiger partial charge in [-0.1, -0.05) is 12.1 Å². The minimum Gasteiger partial charge on any atom is -0.483 e. The van der Waals surface area contributed by atoms with E-state index < -0.39 is 4.92 Å². The Hall–Kier alpha value is -2.21. The minimum atomic E-state index is -0.455. The van der Waals surface area contributed by atoms with Crippen molar-refractivity contribution in [2.45, 2.75) is 31.4 Å². The molecule has 1 heterocycles. The summed E-state index contributed by atoms with van der Waals surface area (Å²) in [6.45, 7) is 0. The van der Waals surface area contributed by atoms with Gasteiger partial charge in [0.2, 0.25) is 5.75 Å². The Morgan fingerprint density at radius 1 is 1.35 bits per heavy atom. The van der Waals surface area contributed by atoms with Crippen molar-refractivity contribution in [3.63, 3.8) is 0 Å². The van der Waals surface area contributed by atoms with Crippen LogP contribution >= 0.6 is 0 Å². The molecule has 0 spiro atoms. The highest BCUT2D eigenvalue weighted by Crippen LogP contribution is 2.36. The zero-order valence-electron chi connectivity index (χ0n) is 10.9. The molecule has 0 radical (unpaired) electrons. The Bertz CT molecular complexity index is 659. The molecule has 104 valence electrons. The van der Waals surface area contributed by atoms with Crippen LogP contribution < -0.4 is 10.5 Å². The molecule has 2 atom stereocenters. The van der Waals surface area contributed by atoms with Gasteiger partial charge in [0.05, 0.1) is 10.4 Å². The number of hydrogen-bond acceptors (Lipinski definition) is 5. The highest BCUT2D eigenvalue weighted by molar-refractivity contribution is 5.88. The summed E-state index contributed by atoms with van der Waals surface area (Å²) in [6.07, 6.45) is 3.64. The molecule has 6 heteroatoms. The van der Waals surface area contributed by atoms with Crippen LogP contribution in [0.4, 0.5) is 5.69 Å². The SMILES string of the molecule is NC1CCC(Oc2c([N+](=O)[O-])cnc3ccccc23)C1. The lowest BCUT2D eigenvalue weighted by atomic mass is 10.2. The summed E-state index contributed by atoms with van der Waals surface area (Å²) in [5.74, 6) is 0.305. The molecule has 2 unspecified atom stereocenters. The first-order chi connectivity index (χ1) is 9.65. The molecular formula is C14H15N3O3. The fourth-order valence-corrected chi connectivity index (χ4v) is 2.61. The van der Waals surface area contributed by atoms with Gasteiger partial charge < -0.3 is 10.5 Å². The number of hydrogen-bond donors (Lipinski definition) is 1. The number of ether oxygens (including phenoxy) is 1. The van der Waals surface area contributed by atoms with E-state index in [1.807, 2.05) is 18.2 Å². The van der Waals surface area contributed by atoms with Crippen LogP contribution in [0.3, 0.4) is 0 Å². The smallest absolute Gasteiger partial charge is 0.329 e. The van der Waals surface area contributed by atoms with Crippen molar-refractivity contribution >= 4 is 16.6 Å². The molecule has 1 aliphatic carbocycles. The van der Waals surface area contributed by atoms with Crippen molar-refractivity contribution in [2.24, 2.45) is 5.73 Å². The summed E-state index contributed by atoms with van der Waals surface area (Å²) in [5, 5.41) is 11.8. The van der Waals surface area contributed by atoms with Crippen LogP contribution in [-0.4, -0.2) is 22.1 Å². The second-order valence-corrected chi connectivity index (χ2v) is 5.06. The molecule has 20 heavy (non-hydrogen) atoms. The molecule has 6 nitrogen and oxygen atoms in total. The van der Waals surface area contributed by atoms with Gasteiger partial charge in [0.15, 0.2) is 0 Å². The van der Waals surface area contributed by atoms with Crippen molar-refractivity contribution in [1.29, 1.82) is 0 Å². The highest BCUT2D eigenvalue weighted by Gasteiger charge is 2.27.